The van der Waals surface area contributed by atoms with Gasteiger partial charge in [0.05, 0.1) is 12.6 Å². The van der Waals surface area contributed by atoms with Gasteiger partial charge in [-0.2, -0.15) is 13.5 Å². The minimum absolute atomic E-state index is 0.119. The Balaban J connectivity index is 1.22. The van der Waals surface area contributed by atoms with Gasteiger partial charge in [-0.3, -0.25) is 14.2 Å². The summed E-state index contributed by atoms with van der Waals surface area (Å²) < 4.78 is 37.2. The van der Waals surface area contributed by atoms with Crippen LogP contribution in [0.15, 0.2) is 24.5 Å². The maximum atomic E-state index is 12.5. The Morgan fingerprint density at radius 3 is 2.80 bits per heavy atom. The van der Waals surface area contributed by atoms with Crippen molar-refractivity contribution in [2.45, 2.75) is 43.9 Å². The van der Waals surface area contributed by atoms with Crippen LogP contribution in [0.5, 0.6) is 0 Å². The van der Waals surface area contributed by atoms with Crippen molar-refractivity contribution in [3.8, 4) is 0 Å². The van der Waals surface area contributed by atoms with E-state index in [1.165, 1.54) is 4.90 Å². The highest BCUT2D eigenvalue weighted by Crippen LogP contribution is 2.30. The lowest BCUT2D eigenvalue weighted by Crippen LogP contribution is -2.50. The average Bonchev–Trinajstić information content (AvgIpc) is 3.40. The Morgan fingerprint density at radius 2 is 2.07 bits per heavy atom. The summed E-state index contributed by atoms with van der Waals surface area (Å²) in [6.07, 6.45) is 5.67. The number of rotatable bonds is 8. The lowest BCUT2D eigenvalue weighted by atomic mass is 10.0. The van der Waals surface area contributed by atoms with Crippen molar-refractivity contribution in [1.29, 1.82) is 0 Å². The summed E-state index contributed by atoms with van der Waals surface area (Å²) in [6.45, 7) is 2.23. The van der Waals surface area contributed by atoms with Gasteiger partial charge in [-0.15, -0.1) is 4.28 Å². The van der Waals surface area contributed by atoms with Crippen LogP contribution in [0, 0.1) is 5.92 Å². The molecule has 0 aromatic carbocycles. The molecule has 12 nitrogen and oxygen atoms in total. The number of carbonyl (C=O) groups is 2. The molecule has 0 saturated carbocycles. The number of fused-ring (bicyclic) bond motifs is 2. The van der Waals surface area contributed by atoms with Crippen molar-refractivity contribution in [1.82, 2.24) is 25.3 Å². The zero-order chi connectivity index (χ0) is 21.3. The fraction of sp³-hybridized carbons (Fsp3) is 0.647. The molecular formula is C17H25N5O7S. The van der Waals surface area contributed by atoms with Crippen LogP contribution in [0.2, 0.25) is 0 Å². The number of nitrogens with zero attached hydrogens (tertiary/aromatic N) is 3. The van der Waals surface area contributed by atoms with Gasteiger partial charge in [0, 0.05) is 38.1 Å². The third-order valence-corrected chi connectivity index (χ3v) is 6.05. The van der Waals surface area contributed by atoms with E-state index in [-0.39, 0.29) is 12.6 Å². The number of nitrogens with one attached hydrogen (secondary N) is 2. The maximum Gasteiger partial charge on any atom is 0.418 e. The van der Waals surface area contributed by atoms with Gasteiger partial charge in [-0.25, -0.2) is 10.3 Å². The van der Waals surface area contributed by atoms with Crippen LogP contribution in [0.25, 0.3) is 0 Å². The number of urea groups is 1. The molecule has 1 aromatic rings. The first-order chi connectivity index (χ1) is 14.3. The molecule has 4 rings (SSSR count). The summed E-state index contributed by atoms with van der Waals surface area (Å²) in [5.41, 5.74) is 2.40. The topological polar surface area (TPSA) is 142 Å². The second kappa shape index (κ2) is 8.51. The van der Waals surface area contributed by atoms with Gasteiger partial charge in [0.1, 0.15) is 6.04 Å². The smallest absolute Gasteiger partial charge is 0.354 e. The van der Waals surface area contributed by atoms with Gasteiger partial charge in [-0.1, -0.05) is 0 Å². The van der Waals surface area contributed by atoms with Crippen molar-refractivity contribution >= 4 is 22.3 Å². The summed E-state index contributed by atoms with van der Waals surface area (Å²) in [5, 5.41) is 3.98. The zero-order valence-corrected chi connectivity index (χ0v) is 17.0. The number of aromatic nitrogens is 1. The molecule has 166 valence electrons. The van der Waals surface area contributed by atoms with Crippen LogP contribution in [0.3, 0.4) is 0 Å². The Bertz CT molecular complexity index is 877. The Morgan fingerprint density at radius 1 is 1.30 bits per heavy atom. The summed E-state index contributed by atoms with van der Waals surface area (Å²) >= 11 is 0. The van der Waals surface area contributed by atoms with Crippen molar-refractivity contribution in [2.24, 2.45) is 5.92 Å². The van der Waals surface area contributed by atoms with E-state index in [1.54, 1.807) is 0 Å². The predicted octanol–water partition coefficient (Wildman–Crippen LogP) is -0.483. The fourth-order valence-corrected chi connectivity index (χ4v) is 4.73. The van der Waals surface area contributed by atoms with Crippen LogP contribution in [0.4, 0.5) is 4.79 Å². The monoisotopic (exact) mass is 443 g/mol. The molecule has 3 aliphatic rings. The van der Waals surface area contributed by atoms with Gasteiger partial charge in [-0.05, 0) is 37.3 Å². The first kappa shape index (κ1) is 21.1. The van der Waals surface area contributed by atoms with E-state index in [0.717, 1.165) is 19.5 Å². The van der Waals surface area contributed by atoms with E-state index in [0.29, 0.717) is 30.4 Å². The molecule has 2 bridgehead atoms. The molecule has 2 unspecified atom stereocenters. The Kier molecular flexibility index (Phi) is 5.97. The van der Waals surface area contributed by atoms with E-state index in [1.807, 2.05) is 24.5 Å². The van der Waals surface area contributed by atoms with E-state index in [2.05, 4.69) is 19.6 Å². The average molecular weight is 443 g/mol. The van der Waals surface area contributed by atoms with E-state index in [4.69, 9.17) is 9.39 Å². The summed E-state index contributed by atoms with van der Waals surface area (Å²) in [7, 11) is -4.82. The highest BCUT2D eigenvalue weighted by Gasteiger charge is 2.49. The SMILES string of the molecule is O=C(NOC[C@@H]1C[C@H](Cn2cccc2)CN1)C1CCC2CN1C(=O)N2OS(=O)(=O)O. The summed E-state index contributed by atoms with van der Waals surface area (Å²) in [5.74, 6) is 0.00498. The predicted molar refractivity (Wildman–Crippen MR) is 102 cm³/mol. The standard InChI is InChI=1S/C17H25N5O7S/c23-16(15-4-3-14-10-21(15)17(24)22(14)29-30(25,26)27)19-28-11-13-7-12(8-18-13)9-20-5-1-2-6-20/h1-2,5-6,12-15,18H,3-4,7-11H2,(H,19,23)(H,25,26,27)/t12-,13-,14?,15?/m0/s1. The lowest BCUT2D eigenvalue weighted by Gasteiger charge is -2.29. The molecule has 3 fully saturated rings. The number of carbonyl (C=O) groups excluding carboxylic acids is 2. The highest BCUT2D eigenvalue weighted by molar-refractivity contribution is 7.80. The molecule has 0 aliphatic carbocycles. The number of hydrogen-bond acceptors (Lipinski definition) is 7. The fourth-order valence-electron chi connectivity index (χ4n) is 4.34. The summed E-state index contributed by atoms with van der Waals surface area (Å²) in [4.78, 5) is 31.4. The molecule has 3 aliphatic heterocycles. The molecule has 3 amide bonds. The first-order valence-corrected chi connectivity index (χ1v) is 11.2. The molecule has 3 N–H and O–H groups in total. The van der Waals surface area contributed by atoms with Crippen molar-refractivity contribution in [3.05, 3.63) is 24.5 Å². The van der Waals surface area contributed by atoms with Crippen molar-refractivity contribution in [2.75, 3.05) is 19.7 Å². The van der Waals surface area contributed by atoms with Gasteiger partial charge >= 0.3 is 16.4 Å². The number of piperidine rings is 1. The minimum atomic E-state index is -4.82. The molecule has 4 atom stereocenters. The quantitative estimate of drug-likeness (QED) is 0.361. The van der Waals surface area contributed by atoms with E-state index >= 15 is 0 Å². The van der Waals surface area contributed by atoms with Crippen LogP contribution in [0.1, 0.15) is 19.3 Å². The second-order valence-electron chi connectivity index (χ2n) is 7.87. The minimum Gasteiger partial charge on any atom is -0.354 e. The second-order valence-corrected chi connectivity index (χ2v) is 8.88. The normalized spacial score (nSPS) is 28.9. The number of hydroxylamine groups is 3. The number of amides is 3. The molecule has 30 heavy (non-hydrogen) atoms. The molecule has 0 radical (unpaired) electrons. The molecule has 13 heteroatoms. The van der Waals surface area contributed by atoms with Crippen LogP contribution in [-0.4, -0.2) is 77.3 Å². The molecular weight excluding hydrogens is 418 g/mol. The zero-order valence-electron chi connectivity index (χ0n) is 16.2. The van der Waals surface area contributed by atoms with Gasteiger partial charge < -0.3 is 14.8 Å². The Hall–Kier alpha value is -2.19. The molecule has 3 saturated heterocycles. The van der Waals surface area contributed by atoms with Crippen LogP contribution >= 0.6 is 0 Å². The first-order valence-electron chi connectivity index (χ1n) is 9.83. The highest BCUT2D eigenvalue weighted by atomic mass is 32.3. The third-order valence-electron chi connectivity index (χ3n) is 5.71. The largest absolute Gasteiger partial charge is 0.418 e. The third kappa shape index (κ3) is 4.75. The van der Waals surface area contributed by atoms with Crippen molar-refractivity contribution in [3.63, 3.8) is 0 Å². The van der Waals surface area contributed by atoms with E-state index < -0.39 is 34.4 Å². The number of hydrogen-bond donors (Lipinski definition) is 3. The molecule has 0 spiro atoms. The lowest BCUT2D eigenvalue weighted by molar-refractivity contribution is -0.139. The Labute approximate surface area is 173 Å². The maximum absolute atomic E-state index is 12.5. The van der Waals surface area contributed by atoms with E-state index in [9.17, 15) is 18.0 Å². The summed E-state index contributed by atoms with van der Waals surface area (Å²) in [6, 6.07) is 2.00. The van der Waals surface area contributed by atoms with Crippen molar-refractivity contribution < 1.29 is 31.7 Å². The van der Waals surface area contributed by atoms with Gasteiger partial charge in [0.15, 0.2) is 0 Å². The van der Waals surface area contributed by atoms with Crippen LogP contribution in [-0.2, 0) is 30.9 Å². The van der Waals surface area contributed by atoms with Gasteiger partial charge in [0.2, 0.25) is 0 Å². The molecule has 1 aromatic heterocycles. The van der Waals surface area contributed by atoms with Crippen LogP contribution < -0.4 is 10.8 Å². The van der Waals surface area contributed by atoms with Gasteiger partial charge in [0.25, 0.3) is 5.91 Å². The molecule has 4 heterocycles.